The Morgan fingerprint density at radius 3 is 2.43 bits per heavy atom. The fourth-order valence-corrected chi connectivity index (χ4v) is 3.10. The van der Waals surface area contributed by atoms with E-state index >= 15 is 0 Å². The number of benzene rings is 2. The molecular weight excluding hydrogens is 374 g/mol. The Kier molecular flexibility index (Phi) is 4.84. The van der Waals surface area contributed by atoms with Crippen molar-refractivity contribution in [1.29, 1.82) is 0 Å². The molecule has 0 saturated heterocycles. The molecular formula is C19H17F4N5. The Morgan fingerprint density at radius 1 is 1.04 bits per heavy atom. The molecule has 1 aliphatic carbocycles. The normalized spacial score (nSPS) is 14.6. The lowest BCUT2D eigenvalue weighted by Gasteiger charge is -2.21. The van der Waals surface area contributed by atoms with Gasteiger partial charge in [0.05, 0.1) is 17.8 Å². The van der Waals surface area contributed by atoms with Crippen LogP contribution < -0.4 is 0 Å². The number of alkyl halides is 3. The lowest BCUT2D eigenvalue weighted by atomic mass is 10.2. The minimum Gasteiger partial charge on any atom is -0.289 e. The SMILES string of the molecule is Fc1cccc(CN(Cc2nnnn2-c2ccc(C(F)(F)F)cc2)C2CC2)c1. The van der Waals surface area contributed by atoms with Gasteiger partial charge in [0.25, 0.3) is 0 Å². The molecule has 1 fully saturated rings. The topological polar surface area (TPSA) is 46.8 Å². The van der Waals surface area contributed by atoms with Gasteiger partial charge in [0.2, 0.25) is 0 Å². The van der Waals surface area contributed by atoms with Crippen molar-refractivity contribution in [3.8, 4) is 5.69 Å². The van der Waals surface area contributed by atoms with E-state index < -0.39 is 11.7 Å². The van der Waals surface area contributed by atoms with Crippen molar-refractivity contribution < 1.29 is 17.6 Å². The lowest BCUT2D eigenvalue weighted by molar-refractivity contribution is -0.137. The number of tetrazole rings is 1. The highest BCUT2D eigenvalue weighted by Gasteiger charge is 2.31. The minimum absolute atomic E-state index is 0.289. The Labute approximate surface area is 158 Å². The molecule has 0 N–H and O–H groups in total. The van der Waals surface area contributed by atoms with E-state index in [4.69, 9.17) is 0 Å². The molecule has 0 atom stereocenters. The van der Waals surface area contributed by atoms with E-state index in [1.807, 2.05) is 6.07 Å². The fourth-order valence-electron chi connectivity index (χ4n) is 3.10. The van der Waals surface area contributed by atoms with Gasteiger partial charge in [0.1, 0.15) is 5.82 Å². The molecule has 2 aromatic carbocycles. The summed E-state index contributed by atoms with van der Waals surface area (Å²) in [7, 11) is 0. The second-order valence-electron chi connectivity index (χ2n) is 6.82. The zero-order valence-electron chi connectivity index (χ0n) is 14.8. The Balaban J connectivity index is 1.54. The van der Waals surface area contributed by atoms with Gasteiger partial charge in [0, 0.05) is 12.6 Å². The molecule has 1 aromatic heterocycles. The third-order valence-corrected chi connectivity index (χ3v) is 4.66. The molecule has 0 spiro atoms. The van der Waals surface area contributed by atoms with Crippen molar-refractivity contribution >= 4 is 0 Å². The summed E-state index contributed by atoms with van der Waals surface area (Å²) in [6, 6.07) is 11.5. The van der Waals surface area contributed by atoms with Gasteiger partial charge in [-0.1, -0.05) is 12.1 Å². The van der Waals surface area contributed by atoms with Gasteiger partial charge >= 0.3 is 6.18 Å². The number of aromatic nitrogens is 4. The molecule has 0 amide bonds. The molecule has 4 rings (SSSR count). The van der Waals surface area contributed by atoms with Gasteiger partial charge in [-0.25, -0.2) is 4.39 Å². The molecule has 5 nitrogen and oxygen atoms in total. The van der Waals surface area contributed by atoms with Crippen molar-refractivity contribution in [1.82, 2.24) is 25.1 Å². The molecule has 1 aliphatic rings. The summed E-state index contributed by atoms with van der Waals surface area (Å²) in [5.74, 6) is 0.228. The second-order valence-corrected chi connectivity index (χ2v) is 6.82. The van der Waals surface area contributed by atoms with Crippen molar-refractivity contribution in [2.75, 3.05) is 0 Å². The van der Waals surface area contributed by atoms with Crippen molar-refractivity contribution in [2.24, 2.45) is 0 Å². The quantitative estimate of drug-likeness (QED) is 0.597. The molecule has 0 radical (unpaired) electrons. The van der Waals surface area contributed by atoms with Gasteiger partial charge in [-0.15, -0.1) is 5.10 Å². The van der Waals surface area contributed by atoms with Crippen LogP contribution in [0.3, 0.4) is 0 Å². The average Bonchev–Trinajstić information content (AvgIpc) is 3.40. The van der Waals surface area contributed by atoms with Crippen LogP contribution in [0.25, 0.3) is 5.69 Å². The highest BCUT2D eigenvalue weighted by molar-refractivity contribution is 5.35. The highest BCUT2D eigenvalue weighted by Crippen LogP contribution is 2.31. The van der Waals surface area contributed by atoms with Crippen LogP contribution >= 0.6 is 0 Å². The smallest absolute Gasteiger partial charge is 0.289 e. The van der Waals surface area contributed by atoms with E-state index in [0.29, 0.717) is 30.6 Å². The third-order valence-electron chi connectivity index (χ3n) is 4.66. The van der Waals surface area contributed by atoms with E-state index in [9.17, 15) is 17.6 Å². The van der Waals surface area contributed by atoms with Crippen LogP contribution in [0.4, 0.5) is 17.6 Å². The minimum atomic E-state index is -4.39. The molecule has 0 bridgehead atoms. The second kappa shape index (κ2) is 7.31. The Bertz CT molecular complexity index is 947. The fraction of sp³-hybridized carbons (Fsp3) is 0.316. The summed E-state index contributed by atoms with van der Waals surface area (Å²) in [5, 5.41) is 11.6. The van der Waals surface area contributed by atoms with Crippen LogP contribution in [-0.2, 0) is 19.3 Å². The molecule has 1 saturated carbocycles. The molecule has 9 heteroatoms. The summed E-state index contributed by atoms with van der Waals surface area (Å²) in [5.41, 5.74) is 0.576. The van der Waals surface area contributed by atoms with Crippen LogP contribution in [-0.4, -0.2) is 31.1 Å². The number of rotatable bonds is 6. The number of nitrogens with zero attached hydrogens (tertiary/aromatic N) is 5. The first-order chi connectivity index (χ1) is 13.4. The molecule has 0 aliphatic heterocycles. The zero-order chi connectivity index (χ0) is 19.7. The third kappa shape index (κ3) is 4.19. The zero-order valence-corrected chi connectivity index (χ0v) is 14.8. The van der Waals surface area contributed by atoms with Crippen LogP contribution in [0.2, 0.25) is 0 Å². The van der Waals surface area contributed by atoms with E-state index in [1.165, 1.54) is 28.9 Å². The molecule has 28 heavy (non-hydrogen) atoms. The van der Waals surface area contributed by atoms with Crippen LogP contribution in [0.15, 0.2) is 48.5 Å². The van der Waals surface area contributed by atoms with Crippen LogP contribution in [0, 0.1) is 5.82 Å². The van der Waals surface area contributed by atoms with Crippen LogP contribution in [0.5, 0.6) is 0 Å². The van der Waals surface area contributed by atoms with E-state index in [1.54, 1.807) is 6.07 Å². The maximum Gasteiger partial charge on any atom is 0.416 e. The Morgan fingerprint density at radius 2 is 1.79 bits per heavy atom. The van der Waals surface area contributed by atoms with E-state index in [0.717, 1.165) is 30.5 Å². The summed E-state index contributed by atoms with van der Waals surface area (Å²) in [6.45, 7) is 0.956. The summed E-state index contributed by atoms with van der Waals surface area (Å²) < 4.78 is 53.2. The predicted molar refractivity (Wildman–Crippen MR) is 92.8 cm³/mol. The van der Waals surface area contributed by atoms with Gasteiger partial charge in [-0.05, 0) is 65.2 Å². The summed E-state index contributed by atoms with van der Waals surface area (Å²) in [4.78, 5) is 2.15. The monoisotopic (exact) mass is 391 g/mol. The summed E-state index contributed by atoms with van der Waals surface area (Å²) in [6.07, 6.45) is -2.32. The largest absolute Gasteiger partial charge is 0.416 e. The standard InChI is InChI=1S/C19H17F4N5/c20-15-3-1-2-13(10-15)11-27(16-8-9-16)12-18-24-25-26-28(18)17-6-4-14(5-7-17)19(21,22)23/h1-7,10,16H,8-9,11-12H2. The molecule has 0 unspecified atom stereocenters. The van der Waals surface area contributed by atoms with Gasteiger partial charge in [-0.2, -0.15) is 17.9 Å². The van der Waals surface area contributed by atoms with Crippen molar-refractivity contribution in [3.05, 3.63) is 71.3 Å². The average molecular weight is 391 g/mol. The van der Waals surface area contributed by atoms with E-state index in [2.05, 4.69) is 20.4 Å². The first-order valence-corrected chi connectivity index (χ1v) is 8.83. The maximum absolute atomic E-state index is 13.5. The van der Waals surface area contributed by atoms with Gasteiger partial charge in [0.15, 0.2) is 5.82 Å². The maximum atomic E-state index is 13.5. The van der Waals surface area contributed by atoms with Crippen molar-refractivity contribution in [2.45, 2.75) is 38.1 Å². The number of halogens is 4. The number of hydrogen-bond donors (Lipinski definition) is 0. The lowest BCUT2D eigenvalue weighted by Crippen LogP contribution is -2.27. The van der Waals surface area contributed by atoms with E-state index in [-0.39, 0.29) is 5.82 Å². The first-order valence-electron chi connectivity index (χ1n) is 8.83. The molecule has 146 valence electrons. The predicted octanol–water partition coefficient (Wildman–Crippen LogP) is 3.98. The first kappa shape index (κ1) is 18.5. The van der Waals surface area contributed by atoms with Gasteiger partial charge in [-0.3, -0.25) is 4.90 Å². The Hall–Kier alpha value is -2.81. The number of hydrogen-bond acceptors (Lipinski definition) is 4. The van der Waals surface area contributed by atoms with Gasteiger partial charge < -0.3 is 0 Å². The van der Waals surface area contributed by atoms with Crippen molar-refractivity contribution in [3.63, 3.8) is 0 Å². The van der Waals surface area contributed by atoms with Crippen LogP contribution in [0.1, 0.15) is 29.8 Å². The summed E-state index contributed by atoms with van der Waals surface area (Å²) >= 11 is 0. The molecule has 1 heterocycles. The highest BCUT2D eigenvalue weighted by atomic mass is 19.4. The molecule has 3 aromatic rings.